The van der Waals surface area contributed by atoms with E-state index in [0.717, 1.165) is 50.9 Å². The van der Waals surface area contributed by atoms with E-state index in [2.05, 4.69) is 49.6 Å². The van der Waals surface area contributed by atoms with Crippen LogP contribution in [0.1, 0.15) is 45.1 Å². The first-order valence-corrected chi connectivity index (χ1v) is 9.99. The van der Waals surface area contributed by atoms with Crippen molar-refractivity contribution in [3.63, 3.8) is 0 Å². The van der Waals surface area contributed by atoms with Crippen LogP contribution in [-0.4, -0.2) is 44.4 Å². The van der Waals surface area contributed by atoms with Crippen LogP contribution >= 0.6 is 24.0 Å². The Kier molecular flexibility index (Phi) is 6.56. The lowest BCUT2D eigenvalue weighted by Crippen LogP contribution is -2.68. The van der Waals surface area contributed by atoms with Crippen molar-refractivity contribution in [1.29, 1.82) is 0 Å². The lowest BCUT2D eigenvalue weighted by atomic mass is 9.57. The van der Waals surface area contributed by atoms with Crippen LogP contribution < -0.4 is 15.4 Å². The smallest absolute Gasteiger partial charge is 0.191 e. The molecule has 2 heterocycles. The van der Waals surface area contributed by atoms with E-state index in [4.69, 9.17) is 14.5 Å². The molecule has 0 aromatic heterocycles. The summed E-state index contributed by atoms with van der Waals surface area (Å²) in [5.41, 5.74) is 1.44. The van der Waals surface area contributed by atoms with Crippen LogP contribution in [0, 0.1) is 11.3 Å². The van der Waals surface area contributed by atoms with Gasteiger partial charge >= 0.3 is 0 Å². The maximum absolute atomic E-state index is 5.92. The molecule has 1 aliphatic carbocycles. The first kappa shape index (κ1) is 20.7. The van der Waals surface area contributed by atoms with Crippen molar-refractivity contribution >= 4 is 29.9 Å². The van der Waals surface area contributed by atoms with Gasteiger partial charge in [0.25, 0.3) is 0 Å². The molecule has 2 aliphatic heterocycles. The Labute approximate surface area is 179 Å². The summed E-state index contributed by atoms with van der Waals surface area (Å²) in [5.74, 6) is 2.98. The number of fused-ring (bicyclic) bond motifs is 2. The normalized spacial score (nSPS) is 30.9. The molecule has 1 aromatic carbocycles. The summed E-state index contributed by atoms with van der Waals surface area (Å²) in [4.78, 5) is 4.94. The highest BCUT2D eigenvalue weighted by atomic mass is 127. The van der Waals surface area contributed by atoms with E-state index < -0.39 is 0 Å². The van der Waals surface area contributed by atoms with Gasteiger partial charge in [-0.1, -0.05) is 32.0 Å². The van der Waals surface area contributed by atoms with Gasteiger partial charge in [-0.3, -0.25) is 4.99 Å². The molecule has 1 saturated carbocycles. The number of nitrogens with one attached hydrogen (secondary N) is 2. The molecule has 1 aromatic rings. The third-order valence-corrected chi connectivity index (χ3v) is 6.29. The quantitative estimate of drug-likeness (QED) is 0.389. The molecule has 27 heavy (non-hydrogen) atoms. The molecule has 3 aliphatic rings. The lowest BCUT2D eigenvalue weighted by molar-refractivity contribution is -0.106. The molecule has 1 saturated heterocycles. The predicted molar refractivity (Wildman–Crippen MR) is 119 cm³/mol. The van der Waals surface area contributed by atoms with Crippen LogP contribution in [0.15, 0.2) is 29.3 Å². The standard InChI is InChI=1S/C21H31N3O2.HI/c1-4-22-20(24-18-16-10-12-26-19(16)21(18,2)3)23-13-14-9-11-25-17-8-6-5-7-15(14)17;/h5-8,14,16,18-19H,4,9-13H2,1-3H3,(H2,22,23,24);1H. The zero-order valence-electron chi connectivity index (χ0n) is 16.5. The second kappa shape index (κ2) is 8.55. The van der Waals surface area contributed by atoms with Crippen LogP contribution in [0.25, 0.3) is 0 Å². The summed E-state index contributed by atoms with van der Waals surface area (Å²) in [6.45, 7) is 10.0. The van der Waals surface area contributed by atoms with Crippen molar-refractivity contribution < 1.29 is 9.47 Å². The third-order valence-electron chi connectivity index (χ3n) is 6.29. The summed E-state index contributed by atoms with van der Waals surface area (Å²) >= 11 is 0. The number of benzene rings is 1. The van der Waals surface area contributed by atoms with Crippen LogP contribution in [0.3, 0.4) is 0 Å². The van der Waals surface area contributed by atoms with E-state index in [1.165, 1.54) is 5.56 Å². The summed E-state index contributed by atoms with van der Waals surface area (Å²) in [6.07, 6.45) is 2.57. The molecule has 0 bridgehead atoms. The number of hydrogen-bond donors (Lipinski definition) is 2. The molecule has 4 rings (SSSR count). The minimum Gasteiger partial charge on any atom is -0.493 e. The summed E-state index contributed by atoms with van der Waals surface area (Å²) < 4.78 is 11.7. The van der Waals surface area contributed by atoms with E-state index in [1.807, 2.05) is 6.07 Å². The van der Waals surface area contributed by atoms with Crippen molar-refractivity contribution in [2.45, 2.75) is 51.7 Å². The first-order valence-electron chi connectivity index (χ1n) is 9.99. The topological polar surface area (TPSA) is 54.9 Å². The fourth-order valence-corrected chi connectivity index (χ4v) is 4.89. The molecule has 4 unspecified atom stereocenters. The highest BCUT2D eigenvalue weighted by Gasteiger charge is 2.59. The van der Waals surface area contributed by atoms with E-state index in [-0.39, 0.29) is 29.4 Å². The fourth-order valence-electron chi connectivity index (χ4n) is 4.89. The molecule has 0 amide bonds. The summed E-state index contributed by atoms with van der Waals surface area (Å²) in [6, 6.07) is 8.78. The maximum Gasteiger partial charge on any atom is 0.191 e. The van der Waals surface area contributed by atoms with Gasteiger partial charge < -0.3 is 20.1 Å². The number of ether oxygens (including phenoxy) is 2. The second-order valence-corrected chi connectivity index (χ2v) is 8.28. The van der Waals surface area contributed by atoms with Gasteiger partial charge in [0.1, 0.15) is 5.75 Å². The Morgan fingerprint density at radius 2 is 2.04 bits per heavy atom. The van der Waals surface area contributed by atoms with Gasteiger partial charge in [0, 0.05) is 43.0 Å². The zero-order chi connectivity index (χ0) is 18.1. The highest BCUT2D eigenvalue weighted by molar-refractivity contribution is 14.0. The van der Waals surface area contributed by atoms with E-state index in [1.54, 1.807) is 0 Å². The summed E-state index contributed by atoms with van der Waals surface area (Å²) in [5, 5.41) is 7.14. The number of rotatable bonds is 4. The Morgan fingerprint density at radius 1 is 1.22 bits per heavy atom. The largest absolute Gasteiger partial charge is 0.493 e. The molecule has 4 atom stereocenters. The molecular weight excluding hydrogens is 453 g/mol. The summed E-state index contributed by atoms with van der Waals surface area (Å²) in [7, 11) is 0. The van der Waals surface area contributed by atoms with Crippen molar-refractivity contribution in [3.8, 4) is 5.75 Å². The van der Waals surface area contributed by atoms with Gasteiger partial charge in [-0.15, -0.1) is 24.0 Å². The van der Waals surface area contributed by atoms with Crippen LogP contribution in [-0.2, 0) is 4.74 Å². The van der Waals surface area contributed by atoms with Gasteiger partial charge in [0.2, 0.25) is 0 Å². The van der Waals surface area contributed by atoms with Crippen molar-refractivity contribution in [2.24, 2.45) is 16.3 Å². The zero-order valence-corrected chi connectivity index (χ0v) is 18.9. The van der Waals surface area contributed by atoms with Gasteiger partial charge in [-0.05, 0) is 31.4 Å². The number of hydrogen-bond acceptors (Lipinski definition) is 3. The fraction of sp³-hybridized carbons (Fsp3) is 0.667. The van der Waals surface area contributed by atoms with Crippen LogP contribution in [0.2, 0.25) is 0 Å². The van der Waals surface area contributed by atoms with Crippen LogP contribution in [0.4, 0.5) is 0 Å². The molecule has 2 N–H and O–H groups in total. The third kappa shape index (κ3) is 3.92. The molecule has 150 valence electrons. The average molecular weight is 485 g/mol. The average Bonchev–Trinajstić information content (AvgIpc) is 3.11. The van der Waals surface area contributed by atoms with Gasteiger partial charge in [0.05, 0.1) is 12.7 Å². The van der Waals surface area contributed by atoms with Gasteiger partial charge in [-0.2, -0.15) is 0 Å². The molecule has 0 radical (unpaired) electrons. The molecule has 2 fully saturated rings. The number of para-hydroxylation sites is 1. The van der Waals surface area contributed by atoms with Crippen molar-refractivity contribution in [1.82, 2.24) is 10.6 Å². The first-order chi connectivity index (χ1) is 12.6. The Bertz CT molecular complexity index is 679. The molecule has 0 spiro atoms. The van der Waals surface area contributed by atoms with Gasteiger partial charge in [0.15, 0.2) is 5.96 Å². The van der Waals surface area contributed by atoms with Crippen molar-refractivity contribution in [3.05, 3.63) is 29.8 Å². The Hall–Kier alpha value is -1.02. The number of nitrogens with zero attached hydrogens (tertiary/aromatic N) is 1. The van der Waals surface area contributed by atoms with E-state index >= 15 is 0 Å². The SMILES string of the molecule is CCNC(=NCC1CCOc2ccccc21)NC1C2CCOC2C1(C)C.I. The maximum atomic E-state index is 5.92. The Morgan fingerprint density at radius 3 is 2.85 bits per heavy atom. The van der Waals surface area contributed by atoms with Crippen molar-refractivity contribution in [2.75, 3.05) is 26.3 Å². The molecular formula is C21H32IN3O2. The van der Waals surface area contributed by atoms with Gasteiger partial charge in [-0.25, -0.2) is 0 Å². The molecule has 5 nitrogen and oxygen atoms in total. The Balaban J connectivity index is 0.00000210. The predicted octanol–water partition coefficient (Wildman–Crippen LogP) is 3.54. The van der Waals surface area contributed by atoms with E-state index in [9.17, 15) is 0 Å². The van der Waals surface area contributed by atoms with Crippen LogP contribution in [0.5, 0.6) is 5.75 Å². The number of aliphatic imine (C=N–C) groups is 1. The number of halogens is 1. The lowest BCUT2D eigenvalue weighted by Gasteiger charge is -2.55. The minimum atomic E-state index is 0. The van der Waals surface area contributed by atoms with E-state index in [0.29, 0.717) is 24.0 Å². The monoisotopic (exact) mass is 485 g/mol. The highest BCUT2D eigenvalue weighted by Crippen LogP contribution is 2.52. The number of guanidine groups is 1. The molecule has 6 heteroatoms. The second-order valence-electron chi connectivity index (χ2n) is 8.28. The minimum absolute atomic E-state index is 0.